The molecule has 0 amide bonds. The van der Waals surface area contributed by atoms with Crippen LogP contribution < -0.4 is 5.69 Å². The van der Waals surface area contributed by atoms with Gasteiger partial charge in [-0.2, -0.15) is 0 Å². The van der Waals surface area contributed by atoms with E-state index in [1.165, 1.54) is 12.1 Å². The Morgan fingerprint density at radius 1 is 1.43 bits per heavy atom. The van der Waals surface area contributed by atoms with Gasteiger partial charge in [-0.3, -0.25) is 4.57 Å². The lowest BCUT2D eigenvalue weighted by Crippen LogP contribution is -2.29. The number of aromatic carboxylic acids is 1. The number of ether oxygens (including phenoxy) is 1. The van der Waals surface area contributed by atoms with Crippen molar-refractivity contribution in [2.75, 3.05) is 13.2 Å². The molecule has 0 radical (unpaired) electrons. The van der Waals surface area contributed by atoms with Gasteiger partial charge in [0.1, 0.15) is 0 Å². The summed E-state index contributed by atoms with van der Waals surface area (Å²) in [5, 5.41) is 9.11. The minimum atomic E-state index is -1.01. The number of carboxylic acids is 1. The minimum absolute atomic E-state index is 0.143. The van der Waals surface area contributed by atoms with Crippen LogP contribution in [-0.2, 0) is 4.74 Å². The lowest BCUT2D eigenvalue weighted by atomic mass is 10.0. The van der Waals surface area contributed by atoms with Crippen molar-refractivity contribution in [3.05, 3.63) is 34.2 Å². The fraction of sp³-hybridized carbons (Fsp3) is 0.467. The summed E-state index contributed by atoms with van der Waals surface area (Å²) in [6.45, 7) is 6.91. The predicted molar refractivity (Wildman–Crippen MR) is 79.9 cm³/mol. The molecule has 1 atom stereocenters. The maximum Gasteiger partial charge on any atom is 0.335 e. The number of nitrogens with one attached hydrogen (secondary N) is 1. The molecule has 1 aromatic carbocycles. The second-order valence-corrected chi connectivity index (χ2v) is 5.31. The summed E-state index contributed by atoms with van der Waals surface area (Å²) in [5.74, 6) is -0.829. The Morgan fingerprint density at radius 3 is 2.71 bits per heavy atom. The van der Waals surface area contributed by atoms with Gasteiger partial charge in [-0.15, -0.1) is 0 Å². The Labute approximate surface area is 122 Å². The number of hydrogen-bond donors (Lipinski definition) is 2. The van der Waals surface area contributed by atoms with E-state index in [4.69, 9.17) is 9.84 Å². The van der Waals surface area contributed by atoms with E-state index in [2.05, 4.69) is 4.98 Å². The predicted octanol–water partition coefficient (Wildman–Crippen LogP) is 2.26. The number of nitrogens with zero attached hydrogens (tertiary/aromatic N) is 1. The molecular weight excluding hydrogens is 272 g/mol. The van der Waals surface area contributed by atoms with Crippen LogP contribution >= 0.6 is 0 Å². The third-order valence-corrected chi connectivity index (χ3v) is 3.56. The average molecular weight is 292 g/mol. The molecule has 21 heavy (non-hydrogen) atoms. The highest BCUT2D eigenvalue weighted by Crippen LogP contribution is 2.22. The van der Waals surface area contributed by atoms with E-state index in [-0.39, 0.29) is 23.2 Å². The molecule has 0 saturated heterocycles. The number of carbonyl (C=O) groups is 1. The molecule has 1 unspecified atom stereocenters. The van der Waals surface area contributed by atoms with Gasteiger partial charge in [-0.25, -0.2) is 9.59 Å². The van der Waals surface area contributed by atoms with E-state index in [0.29, 0.717) is 24.2 Å². The van der Waals surface area contributed by atoms with Crippen LogP contribution in [0, 0.1) is 5.92 Å². The first-order valence-corrected chi connectivity index (χ1v) is 7.01. The van der Waals surface area contributed by atoms with Gasteiger partial charge in [0, 0.05) is 6.61 Å². The van der Waals surface area contributed by atoms with Crippen LogP contribution in [0.4, 0.5) is 0 Å². The first-order valence-electron chi connectivity index (χ1n) is 7.01. The van der Waals surface area contributed by atoms with Crippen LogP contribution in [0.3, 0.4) is 0 Å². The van der Waals surface area contributed by atoms with Gasteiger partial charge in [-0.1, -0.05) is 13.8 Å². The standard InChI is InChI=1S/C15H20N2O4/c1-4-21-8-13(9(2)3)17-12-7-10(14(18)19)5-6-11(12)16-15(17)20/h5-7,9,13H,4,8H2,1-3H3,(H,16,20)(H,18,19). The molecule has 2 rings (SSSR count). The molecule has 0 spiro atoms. The maximum absolute atomic E-state index is 12.2. The summed E-state index contributed by atoms with van der Waals surface area (Å²) in [6, 6.07) is 4.49. The van der Waals surface area contributed by atoms with Crippen LogP contribution in [-0.4, -0.2) is 33.8 Å². The van der Waals surface area contributed by atoms with E-state index in [9.17, 15) is 9.59 Å². The number of hydrogen-bond acceptors (Lipinski definition) is 3. The van der Waals surface area contributed by atoms with Crippen LogP contribution in [0.25, 0.3) is 11.0 Å². The average Bonchev–Trinajstić information content (AvgIpc) is 2.74. The van der Waals surface area contributed by atoms with Crippen LogP contribution in [0.2, 0.25) is 0 Å². The second kappa shape index (κ2) is 6.13. The van der Waals surface area contributed by atoms with Gasteiger partial charge in [0.05, 0.1) is 29.2 Å². The number of aromatic amines is 1. The molecule has 114 valence electrons. The van der Waals surface area contributed by atoms with Crippen LogP contribution in [0.15, 0.2) is 23.0 Å². The molecule has 6 heteroatoms. The fourth-order valence-electron chi connectivity index (χ4n) is 2.39. The Balaban J connectivity index is 2.59. The zero-order valence-electron chi connectivity index (χ0n) is 12.4. The van der Waals surface area contributed by atoms with Gasteiger partial charge in [0.2, 0.25) is 0 Å². The summed E-state index contributed by atoms with van der Waals surface area (Å²) in [6.07, 6.45) is 0. The minimum Gasteiger partial charge on any atom is -0.478 e. The Morgan fingerprint density at radius 2 is 2.14 bits per heavy atom. The maximum atomic E-state index is 12.2. The molecule has 0 fully saturated rings. The largest absolute Gasteiger partial charge is 0.478 e. The SMILES string of the molecule is CCOCC(C(C)C)n1c(=O)[nH]c2ccc(C(=O)O)cc21. The summed E-state index contributed by atoms with van der Waals surface area (Å²) >= 11 is 0. The zero-order chi connectivity index (χ0) is 15.6. The highest BCUT2D eigenvalue weighted by molar-refractivity contribution is 5.92. The number of fused-ring (bicyclic) bond motifs is 1. The van der Waals surface area contributed by atoms with Gasteiger partial charge in [0.25, 0.3) is 0 Å². The highest BCUT2D eigenvalue weighted by atomic mass is 16.5. The molecule has 0 aliphatic carbocycles. The smallest absolute Gasteiger partial charge is 0.335 e. The molecule has 1 heterocycles. The molecular formula is C15H20N2O4. The Bertz CT molecular complexity index is 699. The second-order valence-electron chi connectivity index (χ2n) is 5.31. The van der Waals surface area contributed by atoms with Crippen LogP contribution in [0.1, 0.15) is 37.2 Å². The zero-order valence-corrected chi connectivity index (χ0v) is 12.4. The third-order valence-electron chi connectivity index (χ3n) is 3.56. The van der Waals surface area contributed by atoms with Gasteiger partial charge < -0.3 is 14.8 Å². The van der Waals surface area contributed by atoms with E-state index >= 15 is 0 Å². The number of rotatable bonds is 6. The molecule has 2 aromatic rings. The number of carboxylic acid groups (broad SMARTS) is 1. The van der Waals surface area contributed by atoms with Crippen molar-refractivity contribution in [1.82, 2.24) is 9.55 Å². The van der Waals surface area contributed by atoms with Crippen molar-refractivity contribution in [2.45, 2.75) is 26.8 Å². The molecule has 0 aliphatic rings. The van der Waals surface area contributed by atoms with E-state index in [1.54, 1.807) is 10.6 Å². The molecule has 0 bridgehead atoms. The number of imidazole rings is 1. The molecule has 2 N–H and O–H groups in total. The third kappa shape index (κ3) is 3.00. The van der Waals surface area contributed by atoms with Crippen LogP contribution in [0.5, 0.6) is 0 Å². The first-order chi connectivity index (χ1) is 9.95. The summed E-state index contributed by atoms with van der Waals surface area (Å²) < 4.78 is 7.07. The molecule has 1 aromatic heterocycles. The van der Waals surface area contributed by atoms with Gasteiger partial charge in [-0.05, 0) is 31.0 Å². The lowest BCUT2D eigenvalue weighted by Gasteiger charge is -2.22. The summed E-state index contributed by atoms with van der Waals surface area (Å²) in [7, 11) is 0. The monoisotopic (exact) mass is 292 g/mol. The Hall–Kier alpha value is -2.08. The topological polar surface area (TPSA) is 84.3 Å². The highest BCUT2D eigenvalue weighted by Gasteiger charge is 2.21. The fourth-order valence-corrected chi connectivity index (χ4v) is 2.39. The number of aromatic nitrogens is 2. The van der Waals surface area contributed by atoms with Crippen molar-refractivity contribution in [1.29, 1.82) is 0 Å². The van der Waals surface area contributed by atoms with Crippen molar-refractivity contribution in [3.63, 3.8) is 0 Å². The number of H-pyrrole nitrogens is 1. The first kappa shape index (κ1) is 15.3. The van der Waals surface area contributed by atoms with Crippen molar-refractivity contribution < 1.29 is 14.6 Å². The van der Waals surface area contributed by atoms with E-state index < -0.39 is 5.97 Å². The summed E-state index contributed by atoms with van der Waals surface area (Å²) in [4.78, 5) is 26.1. The van der Waals surface area contributed by atoms with Gasteiger partial charge in [0.15, 0.2) is 0 Å². The quantitative estimate of drug-likeness (QED) is 0.855. The Kier molecular flexibility index (Phi) is 4.47. The normalized spacial score (nSPS) is 13.0. The molecule has 6 nitrogen and oxygen atoms in total. The molecule has 0 aliphatic heterocycles. The van der Waals surface area contributed by atoms with E-state index in [1.807, 2.05) is 20.8 Å². The summed E-state index contributed by atoms with van der Waals surface area (Å²) in [5.41, 5.74) is 1.14. The lowest BCUT2D eigenvalue weighted by molar-refractivity contribution is 0.0697. The van der Waals surface area contributed by atoms with Crippen molar-refractivity contribution >= 4 is 17.0 Å². The van der Waals surface area contributed by atoms with Gasteiger partial charge >= 0.3 is 11.7 Å². The molecule has 0 saturated carbocycles. The van der Waals surface area contributed by atoms with Crippen molar-refractivity contribution in [3.8, 4) is 0 Å². The number of benzene rings is 1. The van der Waals surface area contributed by atoms with Crippen molar-refractivity contribution in [2.24, 2.45) is 5.92 Å². The van der Waals surface area contributed by atoms with E-state index in [0.717, 1.165) is 0 Å².